The van der Waals surface area contributed by atoms with Gasteiger partial charge in [-0.2, -0.15) is 0 Å². The lowest BCUT2D eigenvalue weighted by atomic mass is 10.1. The summed E-state index contributed by atoms with van der Waals surface area (Å²) in [6.45, 7) is 1.54. The van der Waals surface area contributed by atoms with Crippen LogP contribution in [0.2, 0.25) is 0 Å². The zero-order chi connectivity index (χ0) is 8.67. The largest absolute Gasteiger partial charge is 0.370 e. The molecule has 1 aliphatic heterocycles. The first-order chi connectivity index (χ1) is 6.45. The molecule has 3 heteroatoms. The molecule has 0 aromatic carbocycles. The monoisotopic (exact) mass is 208 g/mol. The summed E-state index contributed by atoms with van der Waals surface area (Å²) in [5.74, 6) is 0. The molecule has 1 aliphatic rings. The Bertz CT molecular complexity index is 387. The molecule has 0 fully saturated rings. The Morgan fingerprint density at radius 1 is 0.923 bits per heavy atom. The standard InChI is InChI=1S/C10H8OS2/c1-3-12-9-5-11-6-10-8(7(1)9)2-4-13-10/h1-4H,5-6H2. The highest BCUT2D eigenvalue weighted by atomic mass is 32.1. The van der Waals surface area contributed by atoms with Gasteiger partial charge in [-0.05, 0) is 34.0 Å². The van der Waals surface area contributed by atoms with Crippen molar-refractivity contribution in [2.45, 2.75) is 13.2 Å². The Hall–Kier alpha value is -0.640. The quantitative estimate of drug-likeness (QED) is 0.643. The second-order valence-corrected chi connectivity index (χ2v) is 5.01. The van der Waals surface area contributed by atoms with Gasteiger partial charge in [0.1, 0.15) is 0 Å². The van der Waals surface area contributed by atoms with E-state index in [2.05, 4.69) is 22.9 Å². The third-order valence-corrected chi connectivity index (χ3v) is 4.04. The molecule has 2 aromatic heterocycles. The second-order valence-electron chi connectivity index (χ2n) is 3.01. The molecule has 0 unspecified atom stereocenters. The zero-order valence-corrected chi connectivity index (χ0v) is 8.58. The summed E-state index contributed by atoms with van der Waals surface area (Å²) in [4.78, 5) is 2.72. The van der Waals surface area contributed by atoms with Gasteiger partial charge in [0.15, 0.2) is 0 Å². The minimum Gasteiger partial charge on any atom is -0.370 e. The van der Waals surface area contributed by atoms with Crippen LogP contribution in [0.15, 0.2) is 22.9 Å². The topological polar surface area (TPSA) is 9.23 Å². The Morgan fingerprint density at radius 3 is 2.00 bits per heavy atom. The van der Waals surface area contributed by atoms with Crippen molar-refractivity contribution in [3.05, 3.63) is 32.6 Å². The molecule has 2 aromatic rings. The number of hydrogen-bond donors (Lipinski definition) is 0. The molecule has 0 bridgehead atoms. The molecule has 0 amide bonds. The average molecular weight is 208 g/mol. The average Bonchev–Trinajstić information content (AvgIpc) is 2.72. The summed E-state index contributed by atoms with van der Waals surface area (Å²) in [5.41, 5.74) is 2.75. The lowest BCUT2D eigenvalue weighted by molar-refractivity contribution is 0.113. The van der Waals surface area contributed by atoms with Crippen molar-refractivity contribution in [1.29, 1.82) is 0 Å². The van der Waals surface area contributed by atoms with E-state index in [9.17, 15) is 0 Å². The van der Waals surface area contributed by atoms with E-state index in [4.69, 9.17) is 4.74 Å². The molecule has 0 saturated heterocycles. The van der Waals surface area contributed by atoms with Gasteiger partial charge in [0.25, 0.3) is 0 Å². The first-order valence-corrected chi connectivity index (χ1v) is 5.92. The van der Waals surface area contributed by atoms with Crippen molar-refractivity contribution < 1.29 is 4.74 Å². The molecule has 0 radical (unpaired) electrons. The molecule has 1 nitrogen and oxygen atoms in total. The highest BCUT2D eigenvalue weighted by Gasteiger charge is 2.15. The molecule has 66 valence electrons. The smallest absolute Gasteiger partial charge is 0.0820 e. The summed E-state index contributed by atoms with van der Waals surface area (Å²) in [6.07, 6.45) is 0. The summed E-state index contributed by atoms with van der Waals surface area (Å²) >= 11 is 3.57. The minimum atomic E-state index is 0.772. The van der Waals surface area contributed by atoms with Crippen LogP contribution in [0.3, 0.4) is 0 Å². The van der Waals surface area contributed by atoms with E-state index in [1.54, 1.807) is 22.7 Å². The summed E-state index contributed by atoms with van der Waals surface area (Å²) in [7, 11) is 0. The van der Waals surface area contributed by atoms with Crippen molar-refractivity contribution in [2.75, 3.05) is 0 Å². The van der Waals surface area contributed by atoms with Crippen molar-refractivity contribution >= 4 is 22.7 Å². The Kier molecular flexibility index (Phi) is 1.75. The predicted molar refractivity (Wildman–Crippen MR) is 56.1 cm³/mol. The maximum atomic E-state index is 5.58. The third kappa shape index (κ3) is 1.15. The van der Waals surface area contributed by atoms with Gasteiger partial charge in [-0.15, -0.1) is 22.7 Å². The van der Waals surface area contributed by atoms with Gasteiger partial charge in [0.05, 0.1) is 13.2 Å². The van der Waals surface area contributed by atoms with Gasteiger partial charge in [-0.1, -0.05) is 0 Å². The number of thiophene rings is 2. The van der Waals surface area contributed by atoms with Gasteiger partial charge in [-0.3, -0.25) is 0 Å². The molecule has 0 spiro atoms. The number of ether oxygens (including phenoxy) is 1. The molecule has 0 aliphatic carbocycles. The van der Waals surface area contributed by atoms with Gasteiger partial charge in [0, 0.05) is 9.75 Å². The molecular weight excluding hydrogens is 200 g/mol. The van der Waals surface area contributed by atoms with Crippen molar-refractivity contribution in [3.8, 4) is 11.1 Å². The highest BCUT2D eigenvalue weighted by Crippen LogP contribution is 2.37. The molecule has 0 atom stereocenters. The highest BCUT2D eigenvalue weighted by molar-refractivity contribution is 7.11. The van der Waals surface area contributed by atoms with Crippen LogP contribution in [0.5, 0.6) is 0 Å². The van der Waals surface area contributed by atoms with Crippen LogP contribution in [-0.2, 0) is 18.0 Å². The first kappa shape index (κ1) is 7.74. The summed E-state index contributed by atoms with van der Waals surface area (Å²) in [5, 5.41) is 4.28. The lowest BCUT2D eigenvalue weighted by Gasteiger charge is -1.95. The van der Waals surface area contributed by atoms with Gasteiger partial charge in [0.2, 0.25) is 0 Å². The van der Waals surface area contributed by atoms with Crippen LogP contribution < -0.4 is 0 Å². The molecule has 3 rings (SSSR count). The van der Waals surface area contributed by atoms with Crippen molar-refractivity contribution in [2.24, 2.45) is 0 Å². The predicted octanol–water partition coefficient (Wildman–Crippen LogP) is 3.51. The number of fused-ring (bicyclic) bond motifs is 3. The Balaban J connectivity index is 2.27. The summed E-state index contributed by atoms with van der Waals surface area (Å²) < 4.78 is 5.58. The first-order valence-electron chi connectivity index (χ1n) is 4.16. The third-order valence-electron chi connectivity index (χ3n) is 2.25. The van der Waals surface area contributed by atoms with Crippen LogP contribution >= 0.6 is 22.7 Å². The van der Waals surface area contributed by atoms with E-state index in [-0.39, 0.29) is 0 Å². The van der Waals surface area contributed by atoms with Crippen molar-refractivity contribution in [1.82, 2.24) is 0 Å². The van der Waals surface area contributed by atoms with E-state index >= 15 is 0 Å². The van der Waals surface area contributed by atoms with Crippen LogP contribution in [0.4, 0.5) is 0 Å². The lowest BCUT2D eigenvalue weighted by Crippen LogP contribution is -1.85. The van der Waals surface area contributed by atoms with Crippen LogP contribution in [0.1, 0.15) is 9.75 Å². The number of hydrogen-bond acceptors (Lipinski definition) is 3. The van der Waals surface area contributed by atoms with Crippen LogP contribution in [0.25, 0.3) is 11.1 Å². The zero-order valence-electron chi connectivity index (χ0n) is 6.95. The minimum absolute atomic E-state index is 0.772. The van der Waals surface area contributed by atoms with E-state index < -0.39 is 0 Å². The second kappa shape index (κ2) is 2.94. The maximum absolute atomic E-state index is 5.58. The Morgan fingerprint density at radius 2 is 1.46 bits per heavy atom. The van der Waals surface area contributed by atoms with E-state index in [1.165, 1.54) is 20.9 Å². The fraction of sp³-hybridized carbons (Fsp3) is 0.200. The van der Waals surface area contributed by atoms with E-state index in [0.717, 1.165) is 13.2 Å². The van der Waals surface area contributed by atoms with Gasteiger partial charge < -0.3 is 4.74 Å². The molecular formula is C10H8OS2. The maximum Gasteiger partial charge on any atom is 0.0820 e. The SMILES string of the molecule is c1cc2c(s1)COCc1sccc1-2. The normalized spacial score (nSPS) is 14.8. The molecule has 13 heavy (non-hydrogen) atoms. The van der Waals surface area contributed by atoms with E-state index in [1.807, 2.05) is 0 Å². The molecule has 0 N–H and O–H groups in total. The van der Waals surface area contributed by atoms with Crippen molar-refractivity contribution in [3.63, 3.8) is 0 Å². The Labute approximate surface area is 84.6 Å². The fourth-order valence-electron chi connectivity index (χ4n) is 1.62. The van der Waals surface area contributed by atoms with Crippen LogP contribution in [0, 0.1) is 0 Å². The molecule has 3 heterocycles. The van der Waals surface area contributed by atoms with Crippen LogP contribution in [-0.4, -0.2) is 0 Å². The van der Waals surface area contributed by atoms with Gasteiger partial charge >= 0.3 is 0 Å². The molecule has 0 saturated carbocycles. The summed E-state index contributed by atoms with van der Waals surface area (Å²) in [6, 6.07) is 4.39. The van der Waals surface area contributed by atoms with E-state index in [0.29, 0.717) is 0 Å². The fourth-order valence-corrected chi connectivity index (χ4v) is 3.27. The van der Waals surface area contributed by atoms with Gasteiger partial charge in [-0.25, -0.2) is 0 Å². The number of rotatable bonds is 0.